The number of benzene rings is 3. The summed E-state index contributed by atoms with van der Waals surface area (Å²) in [5.74, 6) is 0. The molecule has 4 rings (SSSR count). The molecule has 1 aromatic heterocycles. The Hall–Kier alpha value is -2.13. The Morgan fingerprint density at radius 3 is 1.37 bits per heavy atom. The molecular weight excluding hydrogens is 441 g/mol. The molecule has 4 aromatic rings. The standard InChI is InChI=1S/C23H14BrCl2N/c24-19-7-1-15(2-8-19)18-13-22(16-3-9-20(25)10-4-16)27-23(14-18)17-5-11-21(26)12-6-17/h1-14H. The van der Waals surface area contributed by atoms with Gasteiger partial charge in [-0.3, -0.25) is 0 Å². The minimum Gasteiger partial charge on any atom is -0.248 e. The summed E-state index contributed by atoms with van der Waals surface area (Å²) in [7, 11) is 0. The van der Waals surface area contributed by atoms with Crippen molar-refractivity contribution in [3.8, 4) is 33.6 Å². The second kappa shape index (κ2) is 7.85. The zero-order valence-electron chi connectivity index (χ0n) is 14.2. The molecule has 1 nitrogen and oxygen atoms in total. The van der Waals surface area contributed by atoms with Crippen LogP contribution in [0.15, 0.2) is 89.4 Å². The first kappa shape index (κ1) is 18.2. The summed E-state index contributed by atoms with van der Waals surface area (Å²) in [6, 6.07) is 28.0. The highest BCUT2D eigenvalue weighted by Gasteiger charge is 2.09. The summed E-state index contributed by atoms with van der Waals surface area (Å²) >= 11 is 15.6. The third kappa shape index (κ3) is 4.24. The van der Waals surface area contributed by atoms with Crippen molar-refractivity contribution in [3.05, 3.63) is 99.4 Å². The predicted molar refractivity (Wildman–Crippen MR) is 118 cm³/mol. The third-order valence-corrected chi connectivity index (χ3v) is 5.32. The SMILES string of the molecule is Clc1ccc(-c2cc(-c3ccc(Br)cc3)cc(-c3ccc(Cl)cc3)n2)cc1. The molecule has 1 heterocycles. The van der Waals surface area contributed by atoms with E-state index in [9.17, 15) is 0 Å². The van der Waals surface area contributed by atoms with Gasteiger partial charge in [0.15, 0.2) is 0 Å². The van der Waals surface area contributed by atoms with Crippen LogP contribution in [-0.4, -0.2) is 4.98 Å². The van der Waals surface area contributed by atoms with Crippen LogP contribution in [0.3, 0.4) is 0 Å². The van der Waals surface area contributed by atoms with Crippen molar-refractivity contribution in [1.82, 2.24) is 4.98 Å². The van der Waals surface area contributed by atoms with Crippen LogP contribution in [0.4, 0.5) is 0 Å². The summed E-state index contributed by atoms with van der Waals surface area (Å²) in [5, 5.41) is 1.42. The Bertz CT molecular complexity index is 919. The highest BCUT2D eigenvalue weighted by molar-refractivity contribution is 9.10. The topological polar surface area (TPSA) is 12.9 Å². The largest absolute Gasteiger partial charge is 0.248 e. The molecule has 0 radical (unpaired) electrons. The molecule has 0 atom stereocenters. The van der Waals surface area contributed by atoms with E-state index >= 15 is 0 Å². The normalized spacial score (nSPS) is 10.8. The number of nitrogens with zero attached hydrogens (tertiary/aromatic N) is 1. The zero-order chi connectivity index (χ0) is 18.8. The molecule has 0 saturated heterocycles. The predicted octanol–water partition coefficient (Wildman–Crippen LogP) is 8.15. The van der Waals surface area contributed by atoms with E-state index in [2.05, 4.69) is 40.2 Å². The number of aromatic nitrogens is 1. The van der Waals surface area contributed by atoms with E-state index < -0.39 is 0 Å². The summed E-state index contributed by atoms with van der Waals surface area (Å²) in [4.78, 5) is 4.88. The van der Waals surface area contributed by atoms with E-state index in [0.29, 0.717) is 10.0 Å². The Morgan fingerprint density at radius 2 is 0.926 bits per heavy atom. The Balaban J connectivity index is 1.89. The molecule has 4 heteroatoms. The third-order valence-electron chi connectivity index (χ3n) is 4.28. The first-order chi connectivity index (χ1) is 13.1. The molecule has 0 aliphatic carbocycles. The lowest BCUT2D eigenvalue weighted by Gasteiger charge is -2.11. The second-order valence-corrected chi connectivity index (χ2v) is 7.94. The van der Waals surface area contributed by atoms with Crippen LogP contribution in [-0.2, 0) is 0 Å². The molecule has 0 spiro atoms. The molecule has 0 bridgehead atoms. The van der Waals surface area contributed by atoms with Gasteiger partial charge in [-0.15, -0.1) is 0 Å². The van der Waals surface area contributed by atoms with Gasteiger partial charge in [-0.1, -0.05) is 75.5 Å². The fourth-order valence-corrected chi connectivity index (χ4v) is 3.39. The van der Waals surface area contributed by atoms with Gasteiger partial charge in [0.1, 0.15) is 0 Å². The lowest BCUT2D eigenvalue weighted by atomic mass is 10.00. The van der Waals surface area contributed by atoms with Crippen molar-refractivity contribution >= 4 is 39.1 Å². The Labute approximate surface area is 176 Å². The monoisotopic (exact) mass is 453 g/mol. The number of hydrogen-bond donors (Lipinski definition) is 0. The average molecular weight is 455 g/mol. The number of hydrogen-bond acceptors (Lipinski definition) is 1. The molecule has 0 amide bonds. The number of rotatable bonds is 3. The summed E-state index contributed by atoms with van der Waals surface area (Å²) < 4.78 is 1.05. The second-order valence-electron chi connectivity index (χ2n) is 6.15. The van der Waals surface area contributed by atoms with Crippen molar-refractivity contribution < 1.29 is 0 Å². The van der Waals surface area contributed by atoms with Gasteiger partial charge >= 0.3 is 0 Å². The highest BCUT2D eigenvalue weighted by Crippen LogP contribution is 2.31. The van der Waals surface area contributed by atoms with Gasteiger partial charge in [0.2, 0.25) is 0 Å². The maximum absolute atomic E-state index is 6.05. The van der Waals surface area contributed by atoms with Crippen molar-refractivity contribution in [2.45, 2.75) is 0 Å². The van der Waals surface area contributed by atoms with Crippen molar-refractivity contribution in [1.29, 1.82) is 0 Å². The number of pyridine rings is 1. The van der Waals surface area contributed by atoms with E-state index in [-0.39, 0.29) is 0 Å². The molecule has 0 aliphatic heterocycles. The first-order valence-electron chi connectivity index (χ1n) is 8.38. The quantitative estimate of drug-likeness (QED) is 0.304. The van der Waals surface area contributed by atoms with Crippen LogP contribution in [0.5, 0.6) is 0 Å². The van der Waals surface area contributed by atoms with Gasteiger partial charge < -0.3 is 0 Å². The molecule has 0 unspecified atom stereocenters. The van der Waals surface area contributed by atoms with Gasteiger partial charge in [-0.2, -0.15) is 0 Å². The molecule has 27 heavy (non-hydrogen) atoms. The van der Waals surface area contributed by atoms with E-state index in [4.69, 9.17) is 28.2 Å². The van der Waals surface area contributed by atoms with Crippen LogP contribution < -0.4 is 0 Å². The molecule has 0 aliphatic rings. The smallest absolute Gasteiger partial charge is 0.0715 e. The van der Waals surface area contributed by atoms with Gasteiger partial charge in [-0.25, -0.2) is 4.98 Å². The number of halogens is 3. The van der Waals surface area contributed by atoms with Crippen LogP contribution in [0, 0.1) is 0 Å². The fraction of sp³-hybridized carbons (Fsp3) is 0. The molecule has 132 valence electrons. The van der Waals surface area contributed by atoms with Gasteiger partial charge in [0, 0.05) is 25.6 Å². The Kier molecular flexibility index (Phi) is 5.31. The van der Waals surface area contributed by atoms with Crippen molar-refractivity contribution in [2.75, 3.05) is 0 Å². The molecular formula is C23H14BrCl2N. The minimum atomic E-state index is 0.709. The van der Waals surface area contributed by atoms with E-state index in [1.54, 1.807) is 0 Å². The van der Waals surface area contributed by atoms with Crippen LogP contribution in [0.1, 0.15) is 0 Å². The first-order valence-corrected chi connectivity index (χ1v) is 9.93. The maximum atomic E-state index is 6.05. The van der Waals surface area contributed by atoms with Gasteiger partial charge in [0.05, 0.1) is 11.4 Å². The van der Waals surface area contributed by atoms with E-state index in [1.807, 2.05) is 60.7 Å². The van der Waals surface area contributed by atoms with Crippen LogP contribution in [0.2, 0.25) is 10.0 Å². The molecule has 0 saturated carbocycles. The van der Waals surface area contributed by atoms with E-state index in [1.165, 1.54) is 0 Å². The van der Waals surface area contributed by atoms with Crippen molar-refractivity contribution in [3.63, 3.8) is 0 Å². The lowest BCUT2D eigenvalue weighted by Crippen LogP contribution is -1.91. The van der Waals surface area contributed by atoms with Crippen LogP contribution in [0.25, 0.3) is 33.6 Å². The van der Waals surface area contributed by atoms with Gasteiger partial charge in [0.25, 0.3) is 0 Å². The van der Waals surface area contributed by atoms with Gasteiger partial charge in [-0.05, 0) is 59.7 Å². The highest BCUT2D eigenvalue weighted by atomic mass is 79.9. The van der Waals surface area contributed by atoms with E-state index in [0.717, 1.165) is 38.1 Å². The summed E-state index contributed by atoms with van der Waals surface area (Å²) in [5.41, 5.74) is 6.08. The fourth-order valence-electron chi connectivity index (χ4n) is 2.88. The minimum absolute atomic E-state index is 0.709. The Morgan fingerprint density at radius 1 is 0.519 bits per heavy atom. The zero-order valence-corrected chi connectivity index (χ0v) is 17.3. The average Bonchev–Trinajstić information content (AvgIpc) is 2.69. The molecule has 3 aromatic carbocycles. The lowest BCUT2D eigenvalue weighted by molar-refractivity contribution is 1.32. The summed E-state index contributed by atoms with van der Waals surface area (Å²) in [6.45, 7) is 0. The molecule has 0 N–H and O–H groups in total. The maximum Gasteiger partial charge on any atom is 0.0715 e. The summed E-state index contributed by atoms with van der Waals surface area (Å²) in [6.07, 6.45) is 0. The molecule has 0 fully saturated rings. The van der Waals surface area contributed by atoms with Crippen molar-refractivity contribution in [2.24, 2.45) is 0 Å². The van der Waals surface area contributed by atoms with Crippen LogP contribution >= 0.6 is 39.1 Å².